The molecule has 4 nitrogen and oxygen atoms in total. The minimum Gasteiger partial charge on any atom is -0.477 e. The van der Waals surface area contributed by atoms with Crippen LogP contribution in [0.1, 0.15) is 29.9 Å². The summed E-state index contributed by atoms with van der Waals surface area (Å²) in [5, 5.41) is 9.52. The molecule has 0 radical (unpaired) electrons. The molecule has 3 aromatic rings. The average Bonchev–Trinajstić information content (AvgIpc) is 3.02. The third-order valence-corrected chi connectivity index (χ3v) is 5.21. The van der Waals surface area contributed by atoms with Crippen molar-refractivity contribution in [2.45, 2.75) is 23.8 Å². The summed E-state index contributed by atoms with van der Waals surface area (Å²) in [6.45, 7) is 2.92. The van der Waals surface area contributed by atoms with Crippen LogP contribution in [0.2, 0.25) is 0 Å². The molecule has 0 aliphatic heterocycles. The predicted octanol–water partition coefficient (Wildman–Crippen LogP) is 5.15. The molecule has 0 atom stereocenters. The number of benzene rings is 2. The lowest BCUT2D eigenvalue weighted by molar-refractivity contribution is 0.0687. The van der Waals surface area contributed by atoms with E-state index in [1.807, 2.05) is 0 Å². The number of carboxylic acids is 1. The van der Waals surface area contributed by atoms with Crippen molar-refractivity contribution in [2.24, 2.45) is 0 Å². The Bertz CT molecular complexity index is 1050. The lowest BCUT2D eigenvalue weighted by atomic mass is 10.0. The number of hydrogen-bond acceptors (Lipinski definition) is 3. The lowest BCUT2D eigenvalue weighted by Gasteiger charge is -2.25. The Hall–Kier alpha value is -2.81. The zero-order valence-electron chi connectivity index (χ0n) is 14.7. The molecular weight excluding hydrogens is 396 g/mol. The number of rotatable bonds is 5. The first kappa shape index (κ1) is 19.9. The third kappa shape index (κ3) is 3.62. The standard InChI is InChI=1S/C19H14F4N2O2S/c1-19(2,15-12(21)7-8-13(22)16(15)23)28-18-24-9-14(17(26)27)25(18)11-5-3-10(20)4-6-11/h3-9H,1-2H3,(H,26,27). The number of carboxylic acid groups (broad SMARTS) is 1. The Morgan fingerprint density at radius 3 is 2.25 bits per heavy atom. The SMILES string of the molecule is CC(C)(Sc1ncc(C(=O)O)n1-c1ccc(F)cc1)c1c(F)ccc(F)c1F. The van der Waals surface area contributed by atoms with Crippen LogP contribution in [-0.2, 0) is 4.75 Å². The molecule has 28 heavy (non-hydrogen) atoms. The van der Waals surface area contributed by atoms with E-state index < -0.39 is 39.5 Å². The molecule has 1 heterocycles. The van der Waals surface area contributed by atoms with Crippen molar-refractivity contribution in [3.05, 3.63) is 77.1 Å². The van der Waals surface area contributed by atoms with Crippen molar-refractivity contribution in [3.63, 3.8) is 0 Å². The molecule has 0 bridgehead atoms. The smallest absolute Gasteiger partial charge is 0.354 e. The Morgan fingerprint density at radius 1 is 1.04 bits per heavy atom. The molecule has 146 valence electrons. The van der Waals surface area contributed by atoms with Gasteiger partial charge in [-0.25, -0.2) is 27.3 Å². The molecule has 0 fully saturated rings. The highest BCUT2D eigenvalue weighted by atomic mass is 32.2. The zero-order valence-corrected chi connectivity index (χ0v) is 15.5. The quantitative estimate of drug-likeness (QED) is 0.359. The molecule has 0 aliphatic carbocycles. The predicted molar refractivity (Wildman–Crippen MR) is 95.7 cm³/mol. The molecule has 0 amide bonds. The number of carbonyl (C=O) groups is 1. The van der Waals surface area contributed by atoms with Crippen LogP contribution >= 0.6 is 11.8 Å². The molecule has 0 aliphatic rings. The molecule has 0 saturated heterocycles. The minimum atomic E-state index is -1.34. The van der Waals surface area contributed by atoms with Crippen LogP contribution in [0.15, 0.2) is 47.8 Å². The molecule has 0 unspecified atom stereocenters. The molecule has 1 N–H and O–H groups in total. The van der Waals surface area contributed by atoms with Gasteiger partial charge < -0.3 is 5.11 Å². The van der Waals surface area contributed by atoms with Gasteiger partial charge >= 0.3 is 5.97 Å². The van der Waals surface area contributed by atoms with Gasteiger partial charge in [-0.05, 0) is 50.2 Å². The maximum Gasteiger partial charge on any atom is 0.354 e. The van der Waals surface area contributed by atoms with Crippen molar-refractivity contribution in [1.29, 1.82) is 0 Å². The van der Waals surface area contributed by atoms with Gasteiger partial charge in [0.05, 0.1) is 6.20 Å². The Kier molecular flexibility index (Phi) is 5.20. The maximum atomic E-state index is 14.3. The highest BCUT2D eigenvalue weighted by Gasteiger charge is 2.33. The monoisotopic (exact) mass is 410 g/mol. The fourth-order valence-electron chi connectivity index (χ4n) is 2.76. The lowest BCUT2D eigenvalue weighted by Crippen LogP contribution is -2.19. The first-order chi connectivity index (χ1) is 13.1. The van der Waals surface area contributed by atoms with E-state index in [0.29, 0.717) is 11.8 Å². The van der Waals surface area contributed by atoms with E-state index >= 15 is 0 Å². The van der Waals surface area contributed by atoms with Crippen LogP contribution in [0.25, 0.3) is 5.69 Å². The number of halogens is 4. The Morgan fingerprint density at radius 2 is 1.64 bits per heavy atom. The van der Waals surface area contributed by atoms with Gasteiger partial charge in [-0.3, -0.25) is 4.57 Å². The van der Waals surface area contributed by atoms with Crippen LogP contribution < -0.4 is 0 Å². The minimum absolute atomic E-state index is 0.0945. The second-order valence-electron chi connectivity index (χ2n) is 6.37. The summed E-state index contributed by atoms with van der Waals surface area (Å²) in [5.74, 6) is -5.26. The average molecular weight is 410 g/mol. The normalized spacial score (nSPS) is 11.6. The molecule has 0 spiro atoms. The van der Waals surface area contributed by atoms with Gasteiger partial charge in [-0.2, -0.15) is 0 Å². The van der Waals surface area contributed by atoms with Crippen molar-refractivity contribution in [2.75, 3.05) is 0 Å². The van der Waals surface area contributed by atoms with E-state index in [-0.39, 0.29) is 10.9 Å². The topological polar surface area (TPSA) is 55.1 Å². The molecule has 3 rings (SSSR count). The number of aromatic carboxylic acids is 1. The molecule has 0 saturated carbocycles. The first-order valence-corrected chi connectivity index (χ1v) is 8.83. The summed E-state index contributed by atoms with van der Waals surface area (Å²) >= 11 is 0.848. The number of thioether (sulfide) groups is 1. The van der Waals surface area contributed by atoms with Crippen LogP contribution in [-0.4, -0.2) is 20.6 Å². The molecule has 2 aromatic carbocycles. The first-order valence-electron chi connectivity index (χ1n) is 8.02. The van der Waals surface area contributed by atoms with E-state index in [1.54, 1.807) is 0 Å². The van der Waals surface area contributed by atoms with E-state index in [0.717, 1.165) is 36.2 Å². The van der Waals surface area contributed by atoms with Gasteiger partial charge in [0, 0.05) is 16.0 Å². The second-order valence-corrected chi connectivity index (χ2v) is 7.96. The highest BCUT2D eigenvalue weighted by molar-refractivity contribution is 8.00. The van der Waals surface area contributed by atoms with Gasteiger partial charge in [0.15, 0.2) is 22.5 Å². The Labute approximate surface area is 161 Å². The fraction of sp³-hybridized carbons (Fsp3) is 0.158. The molecular formula is C19H14F4N2O2S. The van der Waals surface area contributed by atoms with E-state index in [2.05, 4.69) is 4.98 Å². The van der Waals surface area contributed by atoms with Crippen LogP contribution in [0.3, 0.4) is 0 Å². The summed E-state index contributed by atoms with van der Waals surface area (Å²) in [7, 11) is 0. The maximum absolute atomic E-state index is 14.3. The van der Waals surface area contributed by atoms with Crippen LogP contribution in [0, 0.1) is 23.3 Å². The number of nitrogens with zero attached hydrogens (tertiary/aromatic N) is 2. The number of imidazole rings is 1. The van der Waals surface area contributed by atoms with E-state index in [4.69, 9.17) is 0 Å². The molecule has 1 aromatic heterocycles. The van der Waals surface area contributed by atoms with Crippen molar-refractivity contribution < 1.29 is 27.5 Å². The van der Waals surface area contributed by atoms with Crippen LogP contribution in [0.5, 0.6) is 0 Å². The zero-order chi connectivity index (χ0) is 20.6. The van der Waals surface area contributed by atoms with Gasteiger partial charge in [-0.1, -0.05) is 11.8 Å². The van der Waals surface area contributed by atoms with Gasteiger partial charge in [0.25, 0.3) is 0 Å². The van der Waals surface area contributed by atoms with E-state index in [9.17, 15) is 27.5 Å². The van der Waals surface area contributed by atoms with Crippen molar-refractivity contribution in [1.82, 2.24) is 9.55 Å². The summed E-state index contributed by atoms with van der Waals surface area (Å²) in [6, 6.07) is 6.51. The Balaban J connectivity index is 2.11. The largest absolute Gasteiger partial charge is 0.477 e. The summed E-state index contributed by atoms with van der Waals surface area (Å²) in [6.07, 6.45) is 1.09. The third-order valence-electron chi connectivity index (χ3n) is 4.03. The summed E-state index contributed by atoms with van der Waals surface area (Å²) in [5.41, 5.74) is -0.414. The van der Waals surface area contributed by atoms with Crippen molar-refractivity contribution in [3.8, 4) is 5.69 Å². The van der Waals surface area contributed by atoms with Gasteiger partial charge in [-0.15, -0.1) is 0 Å². The number of hydrogen-bond donors (Lipinski definition) is 1. The fourth-order valence-corrected chi connectivity index (χ4v) is 3.90. The summed E-state index contributed by atoms with van der Waals surface area (Å²) in [4.78, 5) is 15.6. The van der Waals surface area contributed by atoms with Crippen molar-refractivity contribution >= 4 is 17.7 Å². The summed E-state index contributed by atoms with van der Waals surface area (Å²) < 4.78 is 55.3. The van der Waals surface area contributed by atoms with Gasteiger partial charge in [0.1, 0.15) is 11.6 Å². The number of aromatic nitrogens is 2. The molecule has 9 heteroatoms. The highest BCUT2D eigenvalue weighted by Crippen LogP contribution is 2.43. The van der Waals surface area contributed by atoms with Crippen LogP contribution in [0.4, 0.5) is 17.6 Å². The van der Waals surface area contributed by atoms with E-state index in [1.165, 1.54) is 30.5 Å². The van der Waals surface area contributed by atoms with Gasteiger partial charge in [0.2, 0.25) is 0 Å². The second kappa shape index (κ2) is 7.31.